The molecule has 0 fully saturated rings. The van der Waals surface area contributed by atoms with Gasteiger partial charge in [-0.3, -0.25) is 4.79 Å². The van der Waals surface area contributed by atoms with Crippen LogP contribution >= 0.6 is 11.6 Å². The zero-order valence-electron chi connectivity index (χ0n) is 11.9. The van der Waals surface area contributed by atoms with Crippen molar-refractivity contribution in [3.8, 4) is 5.75 Å². The van der Waals surface area contributed by atoms with Crippen molar-refractivity contribution >= 4 is 17.5 Å². The van der Waals surface area contributed by atoms with Gasteiger partial charge in [-0.05, 0) is 35.7 Å². The summed E-state index contributed by atoms with van der Waals surface area (Å²) in [7, 11) is 1.78. The Morgan fingerprint density at radius 1 is 1.14 bits per heavy atom. The molecule has 2 aromatic carbocycles. The first-order valence-electron chi connectivity index (χ1n) is 6.81. The van der Waals surface area contributed by atoms with Gasteiger partial charge in [0.15, 0.2) is 0 Å². The van der Waals surface area contributed by atoms with Crippen LogP contribution in [0.1, 0.15) is 17.5 Å². The fourth-order valence-corrected chi connectivity index (χ4v) is 2.23. The van der Waals surface area contributed by atoms with Crippen LogP contribution in [0, 0.1) is 0 Å². The lowest BCUT2D eigenvalue weighted by Crippen LogP contribution is -2.26. The third-order valence-electron chi connectivity index (χ3n) is 3.36. The second-order valence-electron chi connectivity index (χ2n) is 5.00. The minimum Gasteiger partial charge on any atom is -0.508 e. The summed E-state index contributed by atoms with van der Waals surface area (Å²) in [5.41, 5.74) is 1.84. The van der Waals surface area contributed by atoms with Gasteiger partial charge in [0.25, 0.3) is 0 Å². The molecule has 0 saturated carbocycles. The Morgan fingerprint density at radius 2 is 1.81 bits per heavy atom. The van der Waals surface area contributed by atoms with Gasteiger partial charge in [0, 0.05) is 25.0 Å². The minimum absolute atomic E-state index is 0.0493. The fourth-order valence-electron chi connectivity index (χ4n) is 2.11. The van der Waals surface area contributed by atoms with Crippen LogP contribution in [-0.4, -0.2) is 23.0 Å². The van der Waals surface area contributed by atoms with Gasteiger partial charge in [-0.25, -0.2) is 0 Å². The second kappa shape index (κ2) is 7.14. The lowest BCUT2D eigenvalue weighted by atomic mass is 10.1. The normalized spacial score (nSPS) is 10.4. The Kier molecular flexibility index (Phi) is 5.23. The summed E-state index contributed by atoms with van der Waals surface area (Å²) in [4.78, 5) is 13.8. The molecule has 0 atom stereocenters. The zero-order chi connectivity index (χ0) is 15.2. The molecular weight excluding hydrogens is 286 g/mol. The molecule has 1 amide bonds. The Bertz CT molecular complexity index is 610. The molecular formula is C17H18ClNO2. The van der Waals surface area contributed by atoms with E-state index in [1.807, 2.05) is 36.4 Å². The maximum absolute atomic E-state index is 12.1. The molecule has 110 valence electrons. The Morgan fingerprint density at radius 3 is 2.48 bits per heavy atom. The van der Waals surface area contributed by atoms with E-state index in [0.717, 1.165) is 11.1 Å². The van der Waals surface area contributed by atoms with Crippen molar-refractivity contribution in [3.63, 3.8) is 0 Å². The van der Waals surface area contributed by atoms with Crippen molar-refractivity contribution < 1.29 is 9.90 Å². The molecule has 2 aromatic rings. The largest absolute Gasteiger partial charge is 0.508 e. The van der Waals surface area contributed by atoms with E-state index in [1.54, 1.807) is 24.1 Å². The van der Waals surface area contributed by atoms with E-state index in [9.17, 15) is 9.90 Å². The molecule has 0 aromatic heterocycles. The highest BCUT2D eigenvalue weighted by Crippen LogP contribution is 2.18. The van der Waals surface area contributed by atoms with Gasteiger partial charge in [0.1, 0.15) is 5.75 Å². The summed E-state index contributed by atoms with van der Waals surface area (Å²) in [6.07, 6.45) is 0.915. The molecule has 21 heavy (non-hydrogen) atoms. The second-order valence-corrected chi connectivity index (χ2v) is 5.44. The van der Waals surface area contributed by atoms with E-state index in [0.29, 0.717) is 24.4 Å². The van der Waals surface area contributed by atoms with Crippen molar-refractivity contribution in [2.24, 2.45) is 0 Å². The van der Waals surface area contributed by atoms with Crippen LogP contribution in [0.3, 0.4) is 0 Å². The summed E-state index contributed by atoms with van der Waals surface area (Å²) >= 11 is 5.84. The highest BCUT2D eigenvalue weighted by molar-refractivity contribution is 6.30. The van der Waals surface area contributed by atoms with Crippen LogP contribution in [-0.2, 0) is 17.8 Å². The first kappa shape index (κ1) is 15.4. The van der Waals surface area contributed by atoms with E-state index in [-0.39, 0.29) is 11.7 Å². The van der Waals surface area contributed by atoms with E-state index in [4.69, 9.17) is 11.6 Å². The number of aryl methyl sites for hydroxylation is 1. The number of aromatic hydroxyl groups is 1. The zero-order valence-corrected chi connectivity index (χ0v) is 12.7. The van der Waals surface area contributed by atoms with E-state index in [2.05, 4.69) is 0 Å². The van der Waals surface area contributed by atoms with Crippen molar-refractivity contribution in [1.29, 1.82) is 0 Å². The SMILES string of the molecule is CN(Cc1ccc(Cl)cc1)C(=O)CCc1ccccc1O. The molecule has 4 heteroatoms. The van der Waals surface area contributed by atoms with Gasteiger partial charge in [-0.1, -0.05) is 41.9 Å². The number of rotatable bonds is 5. The van der Waals surface area contributed by atoms with Crippen molar-refractivity contribution in [1.82, 2.24) is 4.90 Å². The van der Waals surface area contributed by atoms with Gasteiger partial charge in [-0.2, -0.15) is 0 Å². The highest BCUT2D eigenvalue weighted by Gasteiger charge is 2.10. The number of carbonyl (C=O) groups excluding carboxylic acids is 1. The predicted molar refractivity (Wildman–Crippen MR) is 84.4 cm³/mol. The van der Waals surface area contributed by atoms with Gasteiger partial charge in [-0.15, -0.1) is 0 Å². The number of halogens is 1. The van der Waals surface area contributed by atoms with Crippen LogP contribution in [0.25, 0.3) is 0 Å². The number of benzene rings is 2. The summed E-state index contributed by atoms with van der Waals surface area (Å²) < 4.78 is 0. The molecule has 0 aliphatic heterocycles. The maximum Gasteiger partial charge on any atom is 0.222 e. The Balaban J connectivity index is 1.88. The third-order valence-corrected chi connectivity index (χ3v) is 3.61. The highest BCUT2D eigenvalue weighted by atomic mass is 35.5. The average molecular weight is 304 g/mol. The molecule has 0 heterocycles. The molecule has 0 aliphatic carbocycles. The van der Waals surface area contributed by atoms with Crippen LogP contribution in [0.15, 0.2) is 48.5 Å². The van der Waals surface area contributed by atoms with Gasteiger partial charge >= 0.3 is 0 Å². The quantitative estimate of drug-likeness (QED) is 0.916. The number of nitrogens with zero attached hydrogens (tertiary/aromatic N) is 1. The molecule has 0 bridgehead atoms. The first-order valence-corrected chi connectivity index (χ1v) is 7.19. The summed E-state index contributed by atoms with van der Waals surface area (Å²) in [6.45, 7) is 0.552. The maximum atomic E-state index is 12.1. The van der Waals surface area contributed by atoms with Gasteiger partial charge in [0.2, 0.25) is 5.91 Å². The van der Waals surface area contributed by atoms with Crippen molar-refractivity contribution in [2.75, 3.05) is 7.05 Å². The molecule has 0 aliphatic rings. The van der Waals surface area contributed by atoms with Crippen LogP contribution < -0.4 is 0 Å². The van der Waals surface area contributed by atoms with E-state index < -0.39 is 0 Å². The number of phenolic OH excluding ortho intramolecular Hbond substituents is 1. The Labute approximate surface area is 129 Å². The monoisotopic (exact) mass is 303 g/mol. The average Bonchev–Trinajstić information content (AvgIpc) is 2.48. The molecule has 1 N–H and O–H groups in total. The summed E-state index contributed by atoms with van der Waals surface area (Å²) in [5.74, 6) is 0.291. The number of amides is 1. The van der Waals surface area contributed by atoms with E-state index in [1.165, 1.54) is 0 Å². The van der Waals surface area contributed by atoms with E-state index >= 15 is 0 Å². The lowest BCUT2D eigenvalue weighted by Gasteiger charge is -2.17. The molecule has 3 nitrogen and oxygen atoms in total. The molecule has 0 radical (unpaired) electrons. The van der Waals surface area contributed by atoms with Crippen molar-refractivity contribution in [3.05, 3.63) is 64.7 Å². The number of hydrogen-bond acceptors (Lipinski definition) is 2. The molecule has 0 spiro atoms. The number of carbonyl (C=O) groups is 1. The standard InChI is InChI=1S/C17H18ClNO2/c1-19(12-13-6-9-15(18)10-7-13)17(21)11-8-14-4-2-3-5-16(14)20/h2-7,9-10,20H,8,11-12H2,1H3. The van der Waals surface area contributed by atoms with Crippen LogP contribution in [0.5, 0.6) is 5.75 Å². The number of para-hydroxylation sites is 1. The summed E-state index contributed by atoms with van der Waals surface area (Å²) in [5, 5.41) is 10.4. The molecule has 2 rings (SSSR count). The topological polar surface area (TPSA) is 40.5 Å². The lowest BCUT2D eigenvalue weighted by molar-refractivity contribution is -0.130. The Hall–Kier alpha value is -2.00. The third kappa shape index (κ3) is 4.50. The van der Waals surface area contributed by atoms with Gasteiger partial charge < -0.3 is 10.0 Å². The number of phenols is 1. The number of hydrogen-bond donors (Lipinski definition) is 1. The fraction of sp³-hybridized carbons (Fsp3) is 0.235. The molecule has 0 saturated heterocycles. The van der Waals surface area contributed by atoms with Crippen LogP contribution in [0.4, 0.5) is 0 Å². The smallest absolute Gasteiger partial charge is 0.222 e. The summed E-state index contributed by atoms with van der Waals surface area (Å²) in [6, 6.07) is 14.6. The van der Waals surface area contributed by atoms with Gasteiger partial charge in [0.05, 0.1) is 0 Å². The predicted octanol–water partition coefficient (Wildman–Crippen LogP) is 3.64. The molecule has 0 unspecified atom stereocenters. The van der Waals surface area contributed by atoms with Crippen molar-refractivity contribution in [2.45, 2.75) is 19.4 Å². The minimum atomic E-state index is 0.0493. The van der Waals surface area contributed by atoms with Crippen LogP contribution in [0.2, 0.25) is 5.02 Å². The first-order chi connectivity index (χ1) is 10.1.